The summed E-state index contributed by atoms with van der Waals surface area (Å²) < 4.78 is 8.22. The molecule has 37 heavy (non-hydrogen) atoms. The maximum atomic E-state index is 12.8. The fourth-order valence-corrected chi connectivity index (χ4v) is 5.00. The number of imidazole rings is 1. The molecule has 0 saturated carbocycles. The summed E-state index contributed by atoms with van der Waals surface area (Å²) in [5.41, 5.74) is 9.53. The van der Waals surface area contributed by atoms with Crippen molar-refractivity contribution in [1.29, 1.82) is 0 Å². The van der Waals surface area contributed by atoms with Crippen LogP contribution in [0.2, 0.25) is 5.02 Å². The van der Waals surface area contributed by atoms with Crippen LogP contribution in [-0.4, -0.2) is 34.1 Å². The van der Waals surface area contributed by atoms with Crippen molar-refractivity contribution in [2.45, 2.75) is 19.4 Å². The molecule has 2 unspecified atom stereocenters. The molecule has 10 heteroatoms. The Hall–Kier alpha value is -3.40. The van der Waals surface area contributed by atoms with Crippen molar-refractivity contribution in [3.63, 3.8) is 0 Å². The van der Waals surface area contributed by atoms with Crippen molar-refractivity contribution in [2.75, 3.05) is 17.2 Å². The quantitative estimate of drug-likeness (QED) is 0.270. The van der Waals surface area contributed by atoms with Crippen molar-refractivity contribution < 1.29 is 14.3 Å². The van der Waals surface area contributed by atoms with Crippen LogP contribution in [0.4, 0.5) is 17.3 Å². The average molecular weight is 583 g/mol. The van der Waals surface area contributed by atoms with Gasteiger partial charge in [0.05, 0.1) is 28.4 Å². The van der Waals surface area contributed by atoms with Gasteiger partial charge in [-0.05, 0) is 66.6 Å². The molecule has 1 saturated heterocycles. The van der Waals surface area contributed by atoms with Crippen LogP contribution < -0.4 is 16.4 Å². The first kappa shape index (κ1) is 25.3. The number of aromatic nitrogens is 2. The average Bonchev–Trinajstić information content (AvgIpc) is 3.16. The lowest BCUT2D eigenvalue weighted by Crippen LogP contribution is -2.57. The first-order valence-corrected chi connectivity index (χ1v) is 12.8. The number of anilines is 3. The Morgan fingerprint density at radius 3 is 2.62 bits per heavy atom. The number of benzene rings is 3. The maximum absolute atomic E-state index is 12.8. The number of halogens is 2. The number of fused-ring (bicyclic) bond motifs is 1. The Kier molecular flexibility index (Phi) is 6.70. The monoisotopic (exact) mass is 581 g/mol. The molecule has 2 heterocycles. The van der Waals surface area contributed by atoms with Crippen LogP contribution >= 0.6 is 27.5 Å². The van der Waals surface area contributed by atoms with E-state index >= 15 is 0 Å². The molecule has 3 aromatic carbocycles. The topological polar surface area (TPSA) is 111 Å². The molecule has 2 amide bonds. The zero-order valence-electron chi connectivity index (χ0n) is 20.2. The third-order valence-corrected chi connectivity index (χ3v) is 7.46. The molecule has 5 rings (SSSR count). The van der Waals surface area contributed by atoms with Crippen LogP contribution in [0.3, 0.4) is 0 Å². The largest absolute Gasteiger partial charge is 0.367 e. The first-order chi connectivity index (χ1) is 17.6. The lowest BCUT2D eigenvalue weighted by atomic mass is 9.75. The second-order valence-corrected chi connectivity index (χ2v) is 10.8. The SMILES string of the molecule is Cn1c(Nc2cc(CC3(C)COC3C(N)=O)ccc2Cl)nc2cc(C(=O)Nc3ccc(Br)cc3)ccc21. The normalized spacial score (nSPS) is 18.9. The molecule has 2 atom stereocenters. The molecule has 190 valence electrons. The van der Waals surface area contributed by atoms with Crippen LogP contribution in [0, 0.1) is 5.41 Å². The number of nitrogens with zero attached hydrogens (tertiary/aromatic N) is 2. The lowest BCUT2D eigenvalue weighted by Gasteiger charge is -2.45. The third-order valence-electron chi connectivity index (χ3n) is 6.60. The second kappa shape index (κ2) is 9.81. The number of rotatable bonds is 7. The van der Waals surface area contributed by atoms with Crippen LogP contribution in [0.25, 0.3) is 11.0 Å². The number of ether oxygens (including phenoxy) is 1. The molecule has 8 nitrogen and oxygen atoms in total. The molecule has 0 radical (unpaired) electrons. The van der Waals surface area contributed by atoms with Crippen molar-refractivity contribution in [3.05, 3.63) is 81.3 Å². The number of nitrogens with one attached hydrogen (secondary N) is 2. The first-order valence-electron chi connectivity index (χ1n) is 11.6. The van der Waals surface area contributed by atoms with E-state index in [9.17, 15) is 9.59 Å². The van der Waals surface area contributed by atoms with E-state index in [4.69, 9.17) is 27.1 Å². The number of aryl methyl sites for hydroxylation is 1. The van der Waals surface area contributed by atoms with Crippen LogP contribution in [0.5, 0.6) is 0 Å². The van der Waals surface area contributed by atoms with E-state index in [1.165, 1.54) is 0 Å². The van der Waals surface area contributed by atoms with E-state index in [1.54, 1.807) is 12.1 Å². The van der Waals surface area contributed by atoms with Gasteiger partial charge in [-0.25, -0.2) is 4.98 Å². The summed E-state index contributed by atoms with van der Waals surface area (Å²) in [4.78, 5) is 29.2. The number of hydrogen-bond acceptors (Lipinski definition) is 5. The molecular formula is C27H25BrClN5O3. The minimum Gasteiger partial charge on any atom is -0.367 e. The number of primary amides is 1. The number of nitrogens with two attached hydrogens (primary N) is 1. The molecule has 0 bridgehead atoms. The zero-order chi connectivity index (χ0) is 26.3. The summed E-state index contributed by atoms with van der Waals surface area (Å²) in [5.74, 6) is -0.0961. The van der Waals surface area contributed by atoms with Crippen LogP contribution in [0.1, 0.15) is 22.8 Å². The molecule has 1 aromatic heterocycles. The van der Waals surface area contributed by atoms with Gasteiger partial charge in [-0.3, -0.25) is 9.59 Å². The predicted octanol–water partition coefficient (Wildman–Crippen LogP) is 5.42. The molecule has 1 fully saturated rings. The van der Waals surface area contributed by atoms with Gasteiger partial charge in [0, 0.05) is 28.2 Å². The highest BCUT2D eigenvalue weighted by atomic mass is 79.9. The van der Waals surface area contributed by atoms with Crippen LogP contribution in [0.15, 0.2) is 65.1 Å². The standard InChI is InChI=1S/C27H25BrClN5O3/c1-27(14-37-23(27)24(30)35)13-15-3-9-19(29)20(11-15)32-26-33-21-12-16(4-10-22(21)34(26)2)25(36)31-18-7-5-17(28)6-8-18/h3-12,23H,13-14H2,1-2H3,(H2,30,35)(H,31,36)(H,32,33). The van der Waals surface area contributed by atoms with Gasteiger partial charge < -0.3 is 25.7 Å². The summed E-state index contributed by atoms with van der Waals surface area (Å²) in [6.45, 7) is 2.46. The van der Waals surface area contributed by atoms with Gasteiger partial charge in [-0.1, -0.05) is 40.5 Å². The maximum Gasteiger partial charge on any atom is 0.255 e. The molecule has 0 aliphatic carbocycles. The molecule has 4 aromatic rings. The summed E-state index contributed by atoms with van der Waals surface area (Å²) in [7, 11) is 1.89. The number of carbonyl (C=O) groups is 2. The Morgan fingerprint density at radius 1 is 1.19 bits per heavy atom. The summed E-state index contributed by atoms with van der Waals surface area (Å²) in [6, 6.07) is 18.5. The predicted molar refractivity (Wildman–Crippen MR) is 148 cm³/mol. The van der Waals surface area contributed by atoms with Gasteiger partial charge >= 0.3 is 0 Å². The van der Waals surface area contributed by atoms with E-state index < -0.39 is 12.0 Å². The fourth-order valence-electron chi connectivity index (χ4n) is 4.57. The van der Waals surface area contributed by atoms with E-state index in [0.717, 1.165) is 15.6 Å². The molecular weight excluding hydrogens is 558 g/mol. The van der Waals surface area contributed by atoms with E-state index in [-0.39, 0.29) is 11.3 Å². The minimum absolute atomic E-state index is 0.220. The molecule has 1 aliphatic heterocycles. The van der Waals surface area contributed by atoms with E-state index in [0.29, 0.717) is 46.5 Å². The molecule has 4 N–H and O–H groups in total. The van der Waals surface area contributed by atoms with Crippen molar-refractivity contribution in [1.82, 2.24) is 9.55 Å². The molecule has 1 aliphatic rings. The van der Waals surface area contributed by atoms with E-state index in [1.807, 2.05) is 67.1 Å². The summed E-state index contributed by atoms with van der Waals surface area (Å²) in [6.07, 6.45) is 0.0147. The van der Waals surface area contributed by atoms with Gasteiger partial charge in [0.15, 0.2) is 0 Å². The Balaban J connectivity index is 1.36. The third kappa shape index (κ3) is 5.07. The highest BCUT2D eigenvalue weighted by molar-refractivity contribution is 9.10. The van der Waals surface area contributed by atoms with Crippen molar-refractivity contribution >= 4 is 67.7 Å². The number of hydrogen-bond donors (Lipinski definition) is 3. The number of amides is 2. The summed E-state index contributed by atoms with van der Waals surface area (Å²) >= 11 is 9.89. The highest BCUT2D eigenvalue weighted by Gasteiger charge is 2.47. The smallest absolute Gasteiger partial charge is 0.255 e. The minimum atomic E-state index is -0.602. The second-order valence-electron chi connectivity index (χ2n) is 9.52. The lowest BCUT2D eigenvalue weighted by molar-refractivity contribution is -0.186. The van der Waals surface area contributed by atoms with Gasteiger partial charge in [0.25, 0.3) is 5.91 Å². The van der Waals surface area contributed by atoms with Gasteiger partial charge in [0.1, 0.15) is 6.10 Å². The zero-order valence-corrected chi connectivity index (χ0v) is 22.6. The van der Waals surface area contributed by atoms with Crippen LogP contribution in [-0.2, 0) is 23.0 Å². The van der Waals surface area contributed by atoms with Crippen molar-refractivity contribution in [3.8, 4) is 0 Å². The Morgan fingerprint density at radius 2 is 1.95 bits per heavy atom. The van der Waals surface area contributed by atoms with Crippen molar-refractivity contribution in [2.24, 2.45) is 18.2 Å². The van der Waals surface area contributed by atoms with Gasteiger partial charge in [-0.2, -0.15) is 0 Å². The Labute approximate surface area is 227 Å². The number of carbonyl (C=O) groups excluding carboxylic acids is 2. The Bertz CT molecular complexity index is 1520. The fraction of sp³-hybridized carbons (Fsp3) is 0.222. The van der Waals surface area contributed by atoms with Gasteiger partial charge in [-0.15, -0.1) is 0 Å². The molecule has 0 spiro atoms. The highest BCUT2D eigenvalue weighted by Crippen LogP contribution is 2.39. The van der Waals surface area contributed by atoms with Gasteiger partial charge in [0.2, 0.25) is 11.9 Å². The van der Waals surface area contributed by atoms with E-state index in [2.05, 4.69) is 26.6 Å². The summed E-state index contributed by atoms with van der Waals surface area (Å²) in [5, 5.41) is 6.74.